The van der Waals surface area contributed by atoms with Gasteiger partial charge in [-0.25, -0.2) is 0 Å². The van der Waals surface area contributed by atoms with E-state index in [1.165, 1.54) is 12.1 Å². The molecule has 0 saturated carbocycles. The second kappa shape index (κ2) is 6.98. The lowest BCUT2D eigenvalue weighted by Crippen LogP contribution is -2.51. The zero-order valence-corrected chi connectivity index (χ0v) is 13.3. The Bertz CT molecular complexity index is 471. The first-order valence-electron chi connectivity index (χ1n) is 7.56. The van der Waals surface area contributed by atoms with Gasteiger partial charge in [0.05, 0.1) is 5.56 Å². The van der Waals surface area contributed by atoms with Gasteiger partial charge in [0.25, 0.3) is 0 Å². The molecule has 0 spiro atoms. The lowest BCUT2D eigenvalue weighted by atomic mass is 10.0. The van der Waals surface area contributed by atoms with E-state index >= 15 is 0 Å². The first-order valence-corrected chi connectivity index (χ1v) is 7.56. The highest BCUT2D eigenvalue weighted by Crippen LogP contribution is 2.31. The van der Waals surface area contributed by atoms with Crippen molar-refractivity contribution in [1.29, 1.82) is 0 Å². The van der Waals surface area contributed by atoms with Crippen LogP contribution >= 0.6 is 0 Å². The maximum atomic E-state index is 12.7. The Kier molecular flexibility index (Phi) is 5.47. The number of nitrogens with one attached hydrogen (secondary N) is 1. The van der Waals surface area contributed by atoms with Crippen LogP contribution in [0, 0.1) is 0 Å². The molecule has 1 aliphatic heterocycles. The summed E-state index contributed by atoms with van der Waals surface area (Å²) in [5.41, 5.74) is 0.351. The number of nitrogens with zero attached hydrogens (tertiary/aromatic N) is 2. The Morgan fingerprint density at radius 1 is 1.27 bits per heavy atom. The van der Waals surface area contributed by atoms with Crippen LogP contribution in [0.3, 0.4) is 0 Å². The zero-order valence-electron chi connectivity index (χ0n) is 13.3. The quantitative estimate of drug-likeness (QED) is 0.921. The molecule has 1 saturated heterocycles. The molecule has 22 heavy (non-hydrogen) atoms. The average Bonchev–Trinajstić information content (AvgIpc) is 2.44. The largest absolute Gasteiger partial charge is 0.416 e. The molecule has 1 heterocycles. The molecule has 2 atom stereocenters. The molecule has 2 rings (SSSR count). The van der Waals surface area contributed by atoms with Crippen LogP contribution in [0.5, 0.6) is 0 Å². The maximum Gasteiger partial charge on any atom is 0.416 e. The van der Waals surface area contributed by atoms with Gasteiger partial charge in [-0.2, -0.15) is 13.2 Å². The summed E-state index contributed by atoms with van der Waals surface area (Å²) < 4.78 is 38.1. The smallest absolute Gasteiger partial charge is 0.312 e. The molecular formula is C16H24F3N3. The van der Waals surface area contributed by atoms with Crippen molar-refractivity contribution in [2.45, 2.75) is 25.2 Å². The number of hydrogen-bond acceptors (Lipinski definition) is 3. The number of benzene rings is 1. The summed E-state index contributed by atoms with van der Waals surface area (Å²) in [6.07, 6.45) is -4.28. The number of hydrogen-bond donors (Lipinski definition) is 1. The van der Waals surface area contributed by atoms with Crippen LogP contribution in [-0.4, -0.2) is 56.1 Å². The van der Waals surface area contributed by atoms with Crippen molar-refractivity contribution in [3.63, 3.8) is 0 Å². The van der Waals surface area contributed by atoms with Gasteiger partial charge in [-0.15, -0.1) is 0 Å². The Morgan fingerprint density at radius 3 is 2.41 bits per heavy atom. The van der Waals surface area contributed by atoms with E-state index < -0.39 is 11.7 Å². The fourth-order valence-corrected chi connectivity index (χ4v) is 2.92. The zero-order chi connectivity index (χ0) is 16.3. The molecular weight excluding hydrogens is 291 g/mol. The van der Waals surface area contributed by atoms with Crippen molar-refractivity contribution in [3.8, 4) is 0 Å². The molecule has 1 aliphatic rings. The predicted molar refractivity (Wildman–Crippen MR) is 81.8 cm³/mol. The molecule has 124 valence electrons. The Balaban J connectivity index is 2.21. The van der Waals surface area contributed by atoms with E-state index in [0.29, 0.717) is 6.04 Å². The van der Waals surface area contributed by atoms with Crippen LogP contribution in [0.1, 0.15) is 24.1 Å². The van der Waals surface area contributed by atoms with Crippen molar-refractivity contribution in [2.75, 3.05) is 40.3 Å². The summed E-state index contributed by atoms with van der Waals surface area (Å²) in [7, 11) is 3.98. The van der Waals surface area contributed by atoms with Crippen LogP contribution in [0.15, 0.2) is 24.3 Å². The van der Waals surface area contributed by atoms with Crippen molar-refractivity contribution in [1.82, 2.24) is 15.1 Å². The number of alkyl halides is 3. The van der Waals surface area contributed by atoms with E-state index in [4.69, 9.17) is 0 Å². The summed E-state index contributed by atoms with van der Waals surface area (Å²) in [4.78, 5) is 4.43. The first kappa shape index (κ1) is 17.2. The Labute approximate surface area is 130 Å². The van der Waals surface area contributed by atoms with Gasteiger partial charge in [0.2, 0.25) is 0 Å². The van der Waals surface area contributed by atoms with Crippen LogP contribution in [0.4, 0.5) is 13.2 Å². The lowest BCUT2D eigenvalue weighted by Gasteiger charge is -2.39. The van der Waals surface area contributed by atoms with Crippen LogP contribution in [0.25, 0.3) is 0 Å². The van der Waals surface area contributed by atoms with Crippen LogP contribution < -0.4 is 5.32 Å². The lowest BCUT2D eigenvalue weighted by molar-refractivity contribution is -0.137. The van der Waals surface area contributed by atoms with Gasteiger partial charge in [0, 0.05) is 38.3 Å². The summed E-state index contributed by atoms with van der Waals surface area (Å²) in [6, 6.07) is 6.11. The summed E-state index contributed by atoms with van der Waals surface area (Å²) in [5.74, 6) is 0. The van der Waals surface area contributed by atoms with Gasteiger partial charge in [-0.3, -0.25) is 4.90 Å². The molecule has 1 aromatic rings. The topological polar surface area (TPSA) is 18.5 Å². The second-order valence-electron chi connectivity index (χ2n) is 6.25. The van der Waals surface area contributed by atoms with Crippen molar-refractivity contribution < 1.29 is 13.2 Å². The van der Waals surface area contributed by atoms with Gasteiger partial charge in [0.1, 0.15) is 0 Å². The van der Waals surface area contributed by atoms with E-state index in [-0.39, 0.29) is 6.04 Å². The van der Waals surface area contributed by atoms with E-state index in [1.54, 1.807) is 12.1 Å². The molecule has 1 N–H and O–H groups in total. The number of piperazine rings is 1. The highest BCUT2D eigenvalue weighted by molar-refractivity contribution is 5.27. The summed E-state index contributed by atoms with van der Waals surface area (Å²) in [5, 5.41) is 3.40. The summed E-state index contributed by atoms with van der Waals surface area (Å²) in [6.45, 7) is 5.64. The van der Waals surface area contributed by atoms with Crippen LogP contribution in [-0.2, 0) is 6.18 Å². The number of halogens is 3. The van der Waals surface area contributed by atoms with Crippen LogP contribution in [0.2, 0.25) is 0 Å². The average molecular weight is 315 g/mol. The highest BCUT2D eigenvalue weighted by atomic mass is 19.4. The molecule has 1 aromatic carbocycles. The SMILES string of the molecule is CC1CN(C(CN(C)C)c2ccc(C(F)(F)F)cc2)CCN1. The van der Waals surface area contributed by atoms with Crippen molar-refractivity contribution in [3.05, 3.63) is 35.4 Å². The monoisotopic (exact) mass is 315 g/mol. The fourth-order valence-electron chi connectivity index (χ4n) is 2.92. The number of likely N-dealkylation sites (N-methyl/N-ethyl adjacent to an activating group) is 1. The molecule has 0 radical (unpaired) electrons. The van der Waals surface area contributed by atoms with Gasteiger partial charge < -0.3 is 10.2 Å². The molecule has 6 heteroatoms. The van der Waals surface area contributed by atoms with Gasteiger partial charge >= 0.3 is 6.18 Å². The molecule has 3 nitrogen and oxygen atoms in total. The Morgan fingerprint density at radius 2 is 1.91 bits per heavy atom. The molecule has 2 unspecified atom stereocenters. The van der Waals surface area contributed by atoms with E-state index in [1.807, 2.05) is 14.1 Å². The van der Waals surface area contributed by atoms with Gasteiger partial charge in [0.15, 0.2) is 0 Å². The van der Waals surface area contributed by atoms with Gasteiger partial charge in [-0.05, 0) is 38.7 Å². The predicted octanol–water partition coefficient (Wildman–Crippen LogP) is 2.60. The van der Waals surface area contributed by atoms with Gasteiger partial charge in [-0.1, -0.05) is 12.1 Å². The Hall–Kier alpha value is -1.11. The molecule has 1 fully saturated rings. The first-order chi connectivity index (χ1) is 10.3. The maximum absolute atomic E-state index is 12.7. The molecule has 0 aromatic heterocycles. The van der Waals surface area contributed by atoms with Crippen molar-refractivity contribution >= 4 is 0 Å². The second-order valence-corrected chi connectivity index (χ2v) is 6.25. The molecule has 0 amide bonds. The minimum atomic E-state index is -4.28. The molecule has 0 bridgehead atoms. The molecule has 0 aliphatic carbocycles. The highest BCUT2D eigenvalue weighted by Gasteiger charge is 2.31. The van der Waals surface area contributed by atoms with E-state index in [2.05, 4.69) is 22.0 Å². The van der Waals surface area contributed by atoms with E-state index in [9.17, 15) is 13.2 Å². The fraction of sp³-hybridized carbons (Fsp3) is 0.625. The minimum absolute atomic E-state index is 0.113. The third-order valence-corrected chi connectivity index (χ3v) is 4.00. The standard InChI is InChI=1S/C16H24F3N3/c1-12-10-22(9-8-20-12)15(11-21(2)3)13-4-6-14(7-5-13)16(17,18)19/h4-7,12,15,20H,8-11H2,1-3H3. The normalized spacial score (nSPS) is 22.0. The van der Waals surface area contributed by atoms with E-state index in [0.717, 1.165) is 31.7 Å². The third-order valence-electron chi connectivity index (χ3n) is 4.00. The minimum Gasteiger partial charge on any atom is -0.312 e. The summed E-state index contributed by atoms with van der Waals surface area (Å²) >= 11 is 0. The van der Waals surface area contributed by atoms with Crippen molar-refractivity contribution in [2.24, 2.45) is 0 Å². The third kappa shape index (κ3) is 4.44. The number of rotatable bonds is 4.